The highest BCUT2D eigenvalue weighted by Crippen LogP contribution is 2.56. The Kier molecular flexibility index (Phi) is 10.2. The maximum atomic E-state index is 11.5. The predicted octanol–water partition coefficient (Wildman–Crippen LogP) is 4.70. The van der Waals surface area contributed by atoms with Gasteiger partial charge in [0.1, 0.15) is 0 Å². The molecule has 134 valence electrons. The van der Waals surface area contributed by atoms with Crippen LogP contribution in [0.5, 0.6) is 0 Å². The minimum Gasteiger partial charge on any atom is -0.324 e. The quantitative estimate of drug-likeness (QED) is 0.382. The van der Waals surface area contributed by atoms with E-state index in [0.717, 1.165) is 31.3 Å². The summed E-state index contributed by atoms with van der Waals surface area (Å²) in [5.41, 5.74) is 3.48. The average molecular weight is 366 g/mol. The normalized spacial score (nSPS) is 16.1. The van der Waals surface area contributed by atoms with Gasteiger partial charge in [-0.3, -0.25) is 4.57 Å². The van der Waals surface area contributed by atoms with Crippen molar-refractivity contribution in [3.05, 3.63) is 34.9 Å². The van der Waals surface area contributed by atoms with Crippen LogP contribution in [0.15, 0.2) is 34.9 Å². The summed E-state index contributed by atoms with van der Waals surface area (Å²) in [6.45, 7) is 8.03. The summed E-state index contributed by atoms with van der Waals surface area (Å²) in [4.78, 5) is 26.4. The Balaban J connectivity index is 4.28. The van der Waals surface area contributed by atoms with Crippen LogP contribution in [-0.2, 0) is 13.4 Å². The molecule has 0 heterocycles. The first kappa shape index (κ1) is 22.5. The van der Waals surface area contributed by atoms with E-state index in [1.54, 1.807) is 0 Å². The highest BCUT2D eigenvalue weighted by atomic mass is 31.3. The fraction of sp³-hybridized carbons (Fsp3) is 0.600. The molecule has 1 unspecified atom stereocenters. The van der Waals surface area contributed by atoms with E-state index in [1.165, 1.54) is 17.2 Å². The standard InChI is InChI=1S/C15H28O6P2/c1-13(2)7-5-8-14(3)9-6-10-15(4)11-12-22(16,17)21-23(18,19)20/h7,9,11H,5-6,8,10,12H2,1-4H3,(H,16,17)(H2,18,19,20)/b14-9+,15-11+. The number of allylic oxidation sites excluding steroid dienone is 6. The van der Waals surface area contributed by atoms with Gasteiger partial charge in [0.05, 0.1) is 6.16 Å². The van der Waals surface area contributed by atoms with Crippen molar-refractivity contribution < 1.29 is 28.1 Å². The van der Waals surface area contributed by atoms with Crippen LogP contribution >= 0.6 is 15.4 Å². The van der Waals surface area contributed by atoms with Gasteiger partial charge in [0.15, 0.2) is 0 Å². The van der Waals surface area contributed by atoms with Crippen LogP contribution in [0.4, 0.5) is 0 Å². The summed E-state index contributed by atoms with van der Waals surface area (Å²) in [5.74, 6) is 0. The lowest BCUT2D eigenvalue weighted by atomic mass is 10.1. The second-order valence-electron chi connectivity index (χ2n) is 5.85. The largest absolute Gasteiger partial charge is 0.476 e. The van der Waals surface area contributed by atoms with Crippen molar-refractivity contribution in [1.82, 2.24) is 0 Å². The Morgan fingerprint density at radius 2 is 1.35 bits per heavy atom. The van der Waals surface area contributed by atoms with Gasteiger partial charge in [0.25, 0.3) is 0 Å². The van der Waals surface area contributed by atoms with Crippen molar-refractivity contribution >= 4 is 15.4 Å². The van der Waals surface area contributed by atoms with Crippen molar-refractivity contribution in [2.24, 2.45) is 0 Å². The zero-order chi connectivity index (χ0) is 18.1. The SMILES string of the molecule is CC(C)=CCC/C(C)=C/CC/C(C)=C/CP(=O)(O)OP(=O)(O)O. The van der Waals surface area contributed by atoms with Crippen LogP contribution in [-0.4, -0.2) is 20.8 Å². The molecule has 0 aromatic carbocycles. The molecule has 0 aromatic rings. The first-order valence-corrected chi connectivity index (χ1v) is 10.7. The molecular formula is C15H28O6P2. The third kappa shape index (κ3) is 14.8. The van der Waals surface area contributed by atoms with Gasteiger partial charge < -0.3 is 14.7 Å². The van der Waals surface area contributed by atoms with Crippen LogP contribution in [0.3, 0.4) is 0 Å². The molecule has 0 saturated heterocycles. The van der Waals surface area contributed by atoms with Crippen LogP contribution in [0.2, 0.25) is 0 Å². The lowest BCUT2D eigenvalue weighted by Crippen LogP contribution is -1.92. The summed E-state index contributed by atoms with van der Waals surface area (Å²) in [5, 5.41) is 0. The zero-order valence-corrected chi connectivity index (χ0v) is 16.0. The second-order valence-corrected chi connectivity index (χ2v) is 9.13. The van der Waals surface area contributed by atoms with Crippen LogP contribution in [0.1, 0.15) is 53.4 Å². The summed E-state index contributed by atoms with van der Waals surface area (Å²) in [6, 6.07) is 0. The van der Waals surface area contributed by atoms with Gasteiger partial charge >= 0.3 is 15.4 Å². The molecule has 8 heteroatoms. The summed E-state index contributed by atoms with van der Waals surface area (Å²) in [7, 11) is -9.26. The fourth-order valence-electron chi connectivity index (χ4n) is 1.81. The highest BCUT2D eigenvalue weighted by Gasteiger charge is 2.29. The Hall–Kier alpha value is -0.480. The minimum atomic E-state index is -4.96. The molecule has 0 spiro atoms. The molecule has 0 rings (SSSR count). The van der Waals surface area contributed by atoms with Crippen molar-refractivity contribution in [3.8, 4) is 0 Å². The molecular weight excluding hydrogens is 338 g/mol. The van der Waals surface area contributed by atoms with Crippen molar-refractivity contribution in [3.63, 3.8) is 0 Å². The molecule has 0 aromatic heterocycles. The monoisotopic (exact) mass is 366 g/mol. The van der Waals surface area contributed by atoms with E-state index in [9.17, 15) is 14.0 Å². The molecule has 23 heavy (non-hydrogen) atoms. The van der Waals surface area contributed by atoms with Gasteiger partial charge in [-0.1, -0.05) is 34.9 Å². The maximum absolute atomic E-state index is 11.5. The van der Waals surface area contributed by atoms with Gasteiger partial charge in [-0.25, -0.2) is 8.88 Å². The van der Waals surface area contributed by atoms with Crippen molar-refractivity contribution in [2.45, 2.75) is 53.4 Å². The molecule has 0 aliphatic carbocycles. The lowest BCUT2D eigenvalue weighted by molar-refractivity contribution is 0.264. The molecule has 0 aliphatic heterocycles. The zero-order valence-electron chi connectivity index (χ0n) is 14.2. The Morgan fingerprint density at radius 3 is 1.83 bits per heavy atom. The first-order chi connectivity index (χ1) is 10.4. The van der Waals surface area contributed by atoms with Crippen LogP contribution < -0.4 is 0 Å². The molecule has 3 N–H and O–H groups in total. The molecule has 0 amide bonds. The van der Waals surface area contributed by atoms with Crippen LogP contribution in [0, 0.1) is 0 Å². The predicted molar refractivity (Wildman–Crippen MR) is 93.2 cm³/mol. The van der Waals surface area contributed by atoms with Gasteiger partial charge in [0.2, 0.25) is 0 Å². The average Bonchev–Trinajstić information content (AvgIpc) is 2.33. The number of hydrogen-bond donors (Lipinski definition) is 3. The highest BCUT2D eigenvalue weighted by molar-refractivity contribution is 7.63. The molecule has 0 aliphatic rings. The van der Waals surface area contributed by atoms with E-state index in [1.807, 2.05) is 6.92 Å². The van der Waals surface area contributed by atoms with E-state index in [4.69, 9.17) is 9.79 Å². The summed E-state index contributed by atoms with van der Waals surface area (Å²) < 4.78 is 25.9. The molecule has 0 fully saturated rings. The smallest absolute Gasteiger partial charge is 0.324 e. The number of hydrogen-bond acceptors (Lipinski definition) is 3. The van der Waals surface area contributed by atoms with E-state index in [-0.39, 0.29) is 0 Å². The maximum Gasteiger partial charge on any atom is 0.476 e. The third-order valence-electron chi connectivity index (χ3n) is 3.03. The topological polar surface area (TPSA) is 104 Å². The summed E-state index contributed by atoms with van der Waals surface area (Å²) in [6.07, 6.45) is 8.98. The van der Waals surface area contributed by atoms with Crippen molar-refractivity contribution in [2.75, 3.05) is 6.16 Å². The Bertz CT molecular complexity index is 552. The van der Waals surface area contributed by atoms with Gasteiger partial charge in [-0.2, -0.15) is 0 Å². The molecule has 6 nitrogen and oxygen atoms in total. The van der Waals surface area contributed by atoms with E-state index < -0.39 is 21.6 Å². The molecule has 1 atom stereocenters. The van der Waals surface area contributed by atoms with Gasteiger partial charge in [-0.15, -0.1) is 0 Å². The number of rotatable bonds is 10. The van der Waals surface area contributed by atoms with E-state index in [2.05, 4.69) is 37.2 Å². The minimum absolute atomic E-state index is 0.410. The first-order valence-electron chi connectivity index (χ1n) is 7.44. The molecule has 0 radical (unpaired) electrons. The third-order valence-corrected chi connectivity index (χ3v) is 5.54. The van der Waals surface area contributed by atoms with Crippen molar-refractivity contribution in [1.29, 1.82) is 0 Å². The van der Waals surface area contributed by atoms with E-state index in [0.29, 0.717) is 0 Å². The molecule has 0 saturated carbocycles. The Labute approximate surface area is 138 Å². The summed E-state index contributed by atoms with van der Waals surface area (Å²) >= 11 is 0. The fourth-order valence-corrected chi connectivity index (χ4v) is 3.95. The second kappa shape index (κ2) is 10.4. The lowest BCUT2D eigenvalue weighted by Gasteiger charge is -2.10. The van der Waals surface area contributed by atoms with E-state index >= 15 is 0 Å². The number of phosphoric acid groups is 1. The van der Waals surface area contributed by atoms with Gasteiger partial charge in [-0.05, 0) is 53.4 Å². The molecule has 0 bridgehead atoms. The van der Waals surface area contributed by atoms with Crippen LogP contribution in [0.25, 0.3) is 0 Å². The van der Waals surface area contributed by atoms with Gasteiger partial charge in [0, 0.05) is 0 Å². The Morgan fingerprint density at radius 1 is 0.870 bits per heavy atom.